The molecule has 1 aliphatic heterocycles. The number of hydrogen-bond donors (Lipinski definition) is 2. The molecule has 0 unspecified atom stereocenters. The van der Waals surface area contributed by atoms with Gasteiger partial charge in [0.2, 0.25) is 0 Å². The van der Waals surface area contributed by atoms with Gasteiger partial charge in [-0.2, -0.15) is 5.26 Å². The Hall–Kier alpha value is -2.60. The lowest BCUT2D eigenvalue weighted by molar-refractivity contribution is -0.0271. The Bertz CT molecular complexity index is 710. The molecule has 0 spiro atoms. The van der Waals surface area contributed by atoms with Crippen molar-refractivity contribution in [2.45, 2.75) is 24.8 Å². The second-order valence-electron chi connectivity index (χ2n) is 4.14. The molecule has 1 aromatic heterocycles. The summed E-state index contributed by atoms with van der Waals surface area (Å²) in [5, 5.41) is 21.4. The molecule has 0 saturated carbocycles. The first-order chi connectivity index (χ1) is 9.60. The largest absolute Gasteiger partial charge is 0.394 e. The number of nitrogens with zero attached hydrogens (tertiary/aromatic N) is 5. The molecule has 3 atom stereocenters. The summed E-state index contributed by atoms with van der Waals surface area (Å²) >= 11 is 0. The van der Waals surface area contributed by atoms with Crippen molar-refractivity contribution in [2.75, 3.05) is 6.61 Å². The van der Waals surface area contributed by atoms with Crippen LogP contribution in [0.2, 0.25) is 0 Å². The lowest BCUT2D eigenvalue weighted by Crippen LogP contribution is -2.33. The van der Waals surface area contributed by atoms with Gasteiger partial charge in [-0.05, 0) is 5.53 Å². The number of aromatic nitrogens is 2. The SMILES string of the molecule is N#Cc1cn([C@H]2C[C@H](N=[N+]=[N-])[C@@H](CO)O2)c(=O)[nH]c1=O. The second-order valence-corrected chi connectivity index (χ2v) is 4.14. The van der Waals surface area contributed by atoms with Crippen LogP contribution in [0.5, 0.6) is 0 Å². The predicted octanol–water partition coefficient (Wildman–Crippen LogP) is -0.633. The van der Waals surface area contributed by atoms with Crippen molar-refractivity contribution < 1.29 is 9.84 Å². The number of aliphatic hydroxyl groups is 1. The van der Waals surface area contributed by atoms with E-state index in [0.717, 1.165) is 10.8 Å². The van der Waals surface area contributed by atoms with Crippen LogP contribution in [0.1, 0.15) is 18.2 Å². The van der Waals surface area contributed by atoms with E-state index in [1.54, 1.807) is 6.07 Å². The minimum atomic E-state index is -0.820. The van der Waals surface area contributed by atoms with Crippen molar-refractivity contribution in [3.63, 3.8) is 0 Å². The fourth-order valence-electron chi connectivity index (χ4n) is 2.02. The van der Waals surface area contributed by atoms with Gasteiger partial charge in [0, 0.05) is 17.5 Å². The van der Waals surface area contributed by atoms with Crippen LogP contribution in [0, 0.1) is 11.3 Å². The van der Waals surface area contributed by atoms with Crippen molar-refractivity contribution >= 4 is 0 Å². The molecule has 10 nitrogen and oxygen atoms in total. The highest BCUT2D eigenvalue weighted by molar-refractivity contribution is 5.21. The highest BCUT2D eigenvalue weighted by Gasteiger charge is 2.35. The first kappa shape index (κ1) is 13.8. The summed E-state index contributed by atoms with van der Waals surface area (Å²) in [6, 6.07) is 1.03. The Labute approximate surface area is 111 Å². The maximum absolute atomic E-state index is 11.7. The van der Waals surface area contributed by atoms with Crippen LogP contribution >= 0.6 is 0 Å². The third-order valence-electron chi connectivity index (χ3n) is 2.98. The molecule has 0 aliphatic carbocycles. The molecule has 0 amide bonds. The number of rotatable bonds is 3. The van der Waals surface area contributed by atoms with Gasteiger partial charge in [0.25, 0.3) is 5.56 Å². The number of nitrogens with one attached hydrogen (secondary N) is 1. The topological polar surface area (TPSA) is 157 Å². The smallest absolute Gasteiger partial charge is 0.330 e. The molecule has 1 fully saturated rings. The third kappa shape index (κ3) is 2.41. The van der Waals surface area contributed by atoms with Crippen molar-refractivity contribution in [2.24, 2.45) is 5.11 Å². The van der Waals surface area contributed by atoms with Crippen LogP contribution in [-0.2, 0) is 4.74 Å². The highest BCUT2D eigenvalue weighted by atomic mass is 16.5. The van der Waals surface area contributed by atoms with Crippen molar-refractivity contribution in [3.05, 3.63) is 43.0 Å². The van der Waals surface area contributed by atoms with E-state index in [1.165, 1.54) is 0 Å². The maximum atomic E-state index is 11.7. The Morgan fingerprint density at radius 1 is 1.70 bits per heavy atom. The van der Waals surface area contributed by atoms with Gasteiger partial charge in [0.1, 0.15) is 17.9 Å². The summed E-state index contributed by atoms with van der Waals surface area (Å²) in [5.41, 5.74) is 6.68. The zero-order chi connectivity index (χ0) is 14.7. The van der Waals surface area contributed by atoms with E-state index in [2.05, 4.69) is 10.0 Å². The zero-order valence-corrected chi connectivity index (χ0v) is 10.1. The first-order valence-corrected chi connectivity index (χ1v) is 5.66. The number of aliphatic hydroxyl groups excluding tert-OH is 1. The molecule has 0 bridgehead atoms. The van der Waals surface area contributed by atoms with Gasteiger partial charge in [-0.3, -0.25) is 14.3 Å². The van der Waals surface area contributed by atoms with Crippen LogP contribution < -0.4 is 11.2 Å². The third-order valence-corrected chi connectivity index (χ3v) is 2.98. The van der Waals surface area contributed by atoms with Crippen molar-refractivity contribution in [3.8, 4) is 6.07 Å². The average molecular weight is 278 g/mol. The molecular weight excluding hydrogens is 268 g/mol. The molecule has 0 aromatic carbocycles. The number of ether oxygens (including phenoxy) is 1. The fourth-order valence-corrected chi connectivity index (χ4v) is 2.02. The number of aromatic amines is 1. The van der Waals surface area contributed by atoms with Crippen molar-refractivity contribution in [1.29, 1.82) is 5.26 Å². The molecule has 20 heavy (non-hydrogen) atoms. The summed E-state index contributed by atoms with van der Waals surface area (Å²) in [5.74, 6) is 0. The van der Waals surface area contributed by atoms with E-state index >= 15 is 0 Å². The van der Waals surface area contributed by atoms with Gasteiger partial charge in [-0.15, -0.1) is 0 Å². The second kappa shape index (κ2) is 5.58. The van der Waals surface area contributed by atoms with E-state index in [0.29, 0.717) is 0 Å². The van der Waals surface area contributed by atoms with Gasteiger partial charge in [-0.1, -0.05) is 5.11 Å². The van der Waals surface area contributed by atoms with E-state index < -0.39 is 29.6 Å². The minimum absolute atomic E-state index is 0.159. The molecular formula is C10H10N6O4. The van der Waals surface area contributed by atoms with E-state index in [9.17, 15) is 9.59 Å². The number of azide groups is 1. The van der Waals surface area contributed by atoms with Crippen LogP contribution in [0.15, 0.2) is 20.9 Å². The average Bonchev–Trinajstić information content (AvgIpc) is 2.82. The lowest BCUT2D eigenvalue weighted by atomic mass is 10.1. The molecule has 2 rings (SSSR count). The highest BCUT2D eigenvalue weighted by Crippen LogP contribution is 2.29. The Morgan fingerprint density at radius 3 is 3.05 bits per heavy atom. The standard InChI is InChI=1S/C10H10N6O4/c11-2-5-3-16(10(19)13-9(5)18)8-1-6(14-15-12)7(4-17)20-8/h3,6-8,17H,1,4H2,(H,13,18,19)/t6-,7+,8+/m0/s1. The predicted molar refractivity (Wildman–Crippen MR) is 64.6 cm³/mol. The van der Waals surface area contributed by atoms with Gasteiger partial charge in [-0.25, -0.2) is 4.79 Å². The molecule has 1 aromatic rings. The number of H-pyrrole nitrogens is 1. The molecule has 2 N–H and O–H groups in total. The first-order valence-electron chi connectivity index (χ1n) is 5.66. The number of nitriles is 1. The van der Waals surface area contributed by atoms with E-state index in [-0.39, 0.29) is 18.6 Å². The van der Waals surface area contributed by atoms with Crippen LogP contribution in [0.3, 0.4) is 0 Å². The summed E-state index contributed by atoms with van der Waals surface area (Å²) in [4.78, 5) is 27.6. The van der Waals surface area contributed by atoms with Gasteiger partial charge < -0.3 is 9.84 Å². The Balaban J connectivity index is 2.39. The van der Waals surface area contributed by atoms with Crippen LogP contribution in [0.4, 0.5) is 0 Å². The number of hydrogen-bond acceptors (Lipinski definition) is 6. The lowest BCUT2D eigenvalue weighted by Gasteiger charge is -2.14. The van der Waals surface area contributed by atoms with Crippen molar-refractivity contribution in [1.82, 2.24) is 9.55 Å². The quantitative estimate of drug-likeness (QED) is 0.427. The van der Waals surface area contributed by atoms with Gasteiger partial charge in [0.15, 0.2) is 0 Å². The summed E-state index contributed by atoms with van der Waals surface area (Å²) in [6.45, 7) is -0.372. The van der Waals surface area contributed by atoms with Gasteiger partial charge >= 0.3 is 5.69 Å². The van der Waals surface area contributed by atoms with E-state index in [4.69, 9.17) is 20.6 Å². The normalized spacial score (nSPS) is 24.9. The fraction of sp³-hybridized carbons (Fsp3) is 0.500. The maximum Gasteiger partial charge on any atom is 0.330 e. The Morgan fingerprint density at radius 2 is 2.45 bits per heavy atom. The molecule has 10 heteroatoms. The summed E-state index contributed by atoms with van der Waals surface area (Å²) in [6.07, 6.45) is -0.315. The monoisotopic (exact) mass is 278 g/mol. The molecule has 1 aliphatic rings. The Kier molecular flexibility index (Phi) is 3.86. The summed E-state index contributed by atoms with van der Waals surface area (Å²) in [7, 11) is 0. The van der Waals surface area contributed by atoms with E-state index in [1.807, 2.05) is 4.98 Å². The molecule has 1 saturated heterocycles. The molecule has 0 radical (unpaired) electrons. The van der Waals surface area contributed by atoms with Crippen LogP contribution in [-0.4, -0.2) is 33.4 Å². The zero-order valence-electron chi connectivity index (χ0n) is 10.1. The van der Waals surface area contributed by atoms with Gasteiger partial charge in [0.05, 0.1) is 18.8 Å². The van der Waals surface area contributed by atoms with Crippen LogP contribution in [0.25, 0.3) is 10.4 Å². The minimum Gasteiger partial charge on any atom is -0.394 e. The molecule has 104 valence electrons. The summed E-state index contributed by atoms with van der Waals surface area (Å²) < 4.78 is 6.44. The molecule has 2 heterocycles.